The average Bonchev–Trinajstić information content (AvgIpc) is 2.21. The van der Waals surface area contributed by atoms with Crippen LogP contribution in [0.15, 0.2) is 17.1 Å². The molecule has 0 heterocycles. The van der Waals surface area contributed by atoms with Crippen LogP contribution in [0.1, 0.15) is 52.9 Å². The second-order valence-corrected chi connectivity index (χ2v) is 4.57. The van der Waals surface area contributed by atoms with Gasteiger partial charge < -0.3 is 0 Å². The smallest absolute Gasteiger partial charge is 0.0277 e. The summed E-state index contributed by atoms with van der Waals surface area (Å²) in [5.41, 5.74) is 0. The molecule has 0 aliphatic heterocycles. The molecule has 0 saturated carbocycles. The summed E-state index contributed by atoms with van der Waals surface area (Å²) in [6.07, 6.45) is 12.8. The van der Waals surface area contributed by atoms with Gasteiger partial charge in [-0.15, -0.1) is 0 Å². The Bertz CT molecular complexity index is 180. The highest BCUT2D eigenvalue weighted by molar-refractivity contribution is 5.70. The molecule has 1 unspecified atom stereocenters. The van der Waals surface area contributed by atoms with Gasteiger partial charge in [0.05, 0.1) is 0 Å². The summed E-state index contributed by atoms with van der Waals surface area (Å²) in [7, 11) is 1.81. The Morgan fingerprint density at radius 3 is 2.47 bits per heavy atom. The van der Waals surface area contributed by atoms with E-state index in [9.17, 15) is 0 Å². The van der Waals surface area contributed by atoms with Gasteiger partial charge in [0.15, 0.2) is 0 Å². The Kier molecular flexibility index (Phi) is 9.55. The third-order valence-electron chi connectivity index (χ3n) is 2.93. The van der Waals surface area contributed by atoms with Gasteiger partial charge in [-0.25, -0.2) is 0 Å². The van der Waals surface area contributed by atoms with E-state index >= 15 is 0 Å². The minimum absolute atomic E-state index is 0.796. The van der Waals surface area contributed by atoms with Gasteiger partial charge in [0, 0.05) is 13.3 Å². The van der Waals surface area contributed by atoms with Crippen molar-refractivity contribution in [2.75, 3.05) is 7.05 Å². The molecule has 0 N–H and O–H groups in total. The molecule has 0 bridgehead atoms. The van der Waals surface area contributed by atoms with Crippen LogP contribution >= 0.6 is 0 Å². The van der Waals surface area contributed by atoms with E-state index in [1.54, 1.807) is 0 Å². The maximum absolute atomic E-state index is 3.94. The van der Waals surface area contributed by atoms with Crippen molar-refractivity contribution in [2.24, 2.45) is 16.8 Å². The van der Waals surface area contributed by atoms with E-state index in [1.165, 1.54) is 32.1 Å². The lowest BCUT2D eigenvalue weighted by Gasteiger charge is -2.18. The number of rotatable bonds is 8. The molecule has 0 spiro atoms. The van der Waals surface area contributed by atoms with Crippen LogP contribution in [0.25, 0.3) is 0 Å². The monoisotopic (exact) mass is 209 g/mol. The molecule has 0 fully saturated rings. The normalized spacial score (nSPS) is 14.5. The van der Waals surface area contributed by atoms with Gasteiger partial charge in [-0.2, -0.15) is 0 Å². The Morgan fingerprint density at radius 1 is 1.20 bits per heavy atom. The van der Waals surface area contributed by atoms with Gasteiger partial charge >= 0.3 is 0 Å². The van der Waals surface area contributed by atoms with E-state index in [0.717, 1.165) is 11.8 Å². The standard InChI is InChI=1S/C14H27N/c1-5-6-7-10-14(13(2)3)11-8-9-12-15-4/h8-9,12-14H,5-7,10-11H2,1-4H3/b9-8+,15-12?. The summed E-state index contributed by atoms with van der Waals surface area (Å²) in [4.78, 5) is 3.94. The summed E-state index contributed by atoms with van der Waals surface area (Å²) in [5, 5.41) is 0. The maximum Gasteiger partial charge on any atom is 0.0277 e. The molecule has 1 heteroatoms. The maximum atomic E-state index is 3.94. The molecule has 0 aromatic carbocycles. The third kappa shape index (κ3) is 8.41. The number of unbranched alkanes of at least 4 members (excludes halogenated alkanes) is 2. The number of hydrogen-bond donors (Lipinski definition) is 0. The lowest BCUT2D eigenvalue weighted by Crippen LogP contribution is -2.07. The van der Waals surface area contributed by atoms with Crippen LogP contribution in [0.4, 0.5) is 0 Å². The Labute approximate surface area is 95.7 Å². The van der Waals surface area contributed by atoms with Crippen LogP contribution in [0.5, 0.6) is 0 Å². The molecule has 0 aromatic rings. The molecular formula is C14H27N. The number of aliphatic imine (C=N–C) groups is 1. The van der Waals surface area contributed by atoms with Crippen LogP contribution in [0.3, 0.4) is 0 Å². The van der Waals surface area contributed by atoms with E-state index in [1.807, 2.05) is 13.3 Å². The second-order valence-electron chi connectivity index (χ2n) is 4.57. The number of allylic oxidation sites excluding steroid dienone is 2. The fraction of sp³-hybridized carbons (Fsp3) is 0.786. The SMILES string of the molecule is CCCCCC(C/C=C/C=NC)C(C)C. The zero-order chi connectivity index (χ0) is 11.5. The van der Waals surface area contributed by atoms with Gasteiger partial charge in [0.25, 0.3) is 0 Å². The highest BCUT2D eigenvalue weighted by Gasteiger charge is 2.10. The zero-order valence-electron chi connectivity index (χ0n) is 10.9. The molecule has 0 aliphatic rings. The van der Waals surface area contributed by atoms with Crippen molar-refractivity contribution in [3.8, 4) is 0 Å². The minimum Gasteiger partial charge on any atom is -0.297 e. The largest absolute Gasteiger partial charge is 0.297 e. The fourth-order valence-corrected chi connectivity index (χ4v) is 1.78. The van der Waals surface area contributed by atoms with E-state index in [0.29, 0.717) is 0 Å². The van der Waals surface area contributed by atoms with Crippen molar-refractivity contribution in [1.29, 1.82) is 0 Å². The van der Waals surface area contributed by atoms with Gasteiger partial charge in [0.2, 0.25) is 0 Å². The first kappa shape index (κ1) is 14.4. The molecule has 0 radical (unpaired) electrons. The van der Waals surface area contributed by atoms with Crippen LogP contribution < -0.4 is 0 Å². The fourth-order valence-electron chi connectivity index (χ4n) is 1.78. The molecule has 15 heavy (non-hydrogen) atoms. The van der Waals surface area contributed by atoms with Crippen molar-refractivity contribution < 1.29 is 0 Å². The summed E-state index contributed by atoms with van der Waals surface area (Å²) >= 11 is 0. The van der Waals surface area contributed by atoms with Crippen LogP contribution in [-0.2, 0) is 0 Å². The first-order valence-corrected chi connectivity index (χ1v) is 6.29. The second kappa shape index (κ2) is 9.95. The lowest BCUT2D eigenvalue weighted by atomic mass is 9.87. The third-order valence-corrected chi connectivity index (χ3v) is 2.93. The minimum atomic E-state index is 0.796. The zero-order valence-corrected chi connectivity index (χ0v) is 10.9. The molecule has 0 rings (SSSR count). The molecule has 1 nitrogen and oxygen atoms in total. The van der Waals surface area contributed by atoms with E-state index in [4.69, 9.17) is 0 Å². The number of hydrogen-bond acceptors (Lipinski definition) is 1. The highest BCUT2D eigenvalue weighted by Crippen LogP contribution is 2.22. The topological polar surface area (TPSA) is 12.4 Å². The predicted molar refractivity (Wildman–Crippen MR) is 70.6 cm³/mol. The van der Waals surface area contributed by atoms with E-state index in [-0.39, 0.29) is 0 Å². The average molecular weight is 209 g/mol. The van der Waals surface area contributed by atoms with Crippen LogP contribution in [0, 0.1) is 11.8 Å². The first-order valence-electron chi connectivity index (χ1n) is 6.29. The van der Waals surface area contributed by atoms with Crippen molar-refractivity contribution in [1.82, 2.24) is 0 Å². The van der Waals surface area contributed by atoms with E-state index in [2.05, 4.69) is 37.9 Å². The van der Waals surface area contributed by atoms with Crippen molar-refractivity contribution in [2.45, 2.75) is 52.9 Å². The molecule has 0 saturated heterocycles. The summed E-state index contributed by atoms with van der Waals surface area (Å²) < 4.78 is 0. The summed E-state index contributed by atoms with van der Waals surface area (Å²) in [6.45, 7) is 6.93. The molecule has 0 aromatic heterocycles. The molecular weight excluding hydrogens is 182 g/mol. The lowest BCUT2D eigenvalue weighted by molar-refractivity contribution is 0.350. The summed E-state index contributed by atoms with van der Waals surface area (Å²) in [5.74, 6) is 1.64. The predicted octanol–water partition coefficient (Wildman–Crippen LogP) is 4.49. The Hall–Kier alpha value is -0.590. The van der Waals surface area contributed by atoms with Crippen molar-refractivity contribution >= 4 is 6.21 Å². The van der Waals surface area contributed by atoms with Gasteiger partial charge in [-0.05, 0) is 30.8 Å². The van der Waals surface area contributed by atoms with Gasteiger partial charge in [-0.1, -0.05) is 46.1 Å². The van der Waals surface area contributed by atoms with E-state index < -0.39 is 0 Å². The summed E-state index contributed by atoms with van der Waals surface area (Å²) in [6, 6.07) is 0. The molecule has 88 valence electrons. The highest BCUT2D eigenvalue weighted by atomic mass is 14.6. The Balaban J connectivity index is 3.82. The van der Waals surface area contributed by atoms with Gasteiger partial charge in [-0.3, -0.25) is 4.99 Å². The molecule has 0 aliphatic carbocycles. The van der Waals surface area contributed by atoms with Crippen molar-refractivity contribution in [3.63, 3.8) is 0 Å². The Morgan fingerprint density at radius 2 is 1.93 bits per heavy atom. The quantitative estimate of drug-likeness (QED) is 0.413. The first-order chi connectivity index (χ1) is 7.22. The van der Waals surface area contributed by atoms with Crippen LogP contribution in [-0.4, -0.2) is 13.3 Å². The van der Waals surface area contributed by atoms with Gasteiger partial charge in [0.1, 0.15) is 0 Å². The number of nitrogens with zero attached hydrogens (tertiary/aromatic N) is 1. The molecule has 0 amide bonds. The van der Waals surface area contributed by atoms with Crippen LogP contribution in [0.2, 0.25) is 0 Å². The van der Waals surface area contributed by atoms with Crippen molar-refractivity contribution in [3.05, 3.63) is 12.2 Å². The molecule has 1 atom stereocenters.